The van der Waals surface area contributed by atoms with Crippen LogP contribution in [0.25, 0.3) is 0 Å². The summed E-state index contributed by atoms with van der Waals surface area (Å²) in [6.45, 7) is 2.15. The Hall–Kier alpha value is -0.530. The monoisotopic (exact) mass is 153 g/mol. The molecule has 0 radical (unpaired) electrons. The maximum absolute atomic E-state index is 11.3. The molecule has 1 amide bonds. The second-order valence-corrected chi connectivity index (χ2v) is 3.90. The van der Waals surface area contributed by atoms with E-state index in [4.69, 9.17) is 0 Å². The zero-order valence-electron chi connectivity index (χ0n) is 7.02. The minimum absolute atomic E-state index is 0.236. The Kier molecular flexibility index (Phi) is 1.44. The highest BCUT2D eigenvalue weighted by molar-refractivity contribution is 5.81. The molecular weight excluding hydrogens is 138 g/mol. The van der Waals surface area contributed by atoms with Crippen molar-refractivity contribution >= 4 is 5.91 Å². The van der Waals surface area contributed by atoms with Crippen LogP contribution in [-0.4, -0.2) is 11.4 Å². The summed E-state index contributed by atoms with van der Waals surface area (Å²) in [7, 11) is 0. The number of amides is 1. The molecule has 2 aliphatic carbocycles. The van der Waals surface area contributed by atoms with E-state index in [1.165, 1.54) is 12.8 Å². The average molecular weight is 153 g/mol. The number of hydrogen-bond acceptors (Lipinski definition) is 1. The maximum atomic E-state index is 11.3. The molecule has 1 N–H and O–H groups in total. The van der Waals surface area contributed by atoms with Crippen LogP contribution in [0.4, 0.5) is 0 Å². The van der Waals surface area contributed by atoms with Crippen LogP contribution in [0.2, 0.25) is 0 Å². The molecule has 2 nitrogen and oxygen atoms in total. The summed E-state index contributed by atoms with van der Waals surface area (Å²) in [5.41, 5.74) is 0.236. The summed E-state index contributed by atoms with van der Waals surface area (Å²) in [5, 5.41) is 3.14. The van der Waals surface area contributed by atoms with Crippen LogP contribution >= 0.6 is 0 Å². The second-order valence-electron chi connectivity index (χ2n) is 3.90. The summed E-state index contributed by atoms with van der Waals surface area (Å²) in [6, 6.07) is 0. The minimum Gasteiger partial charge on any atom is -0.350 e. The van der Waals surface area contributed by atoms with Crippen molar-refractivity contribution in [3.63, 3.8) is 0 Å². The smallest absolute Gasteiger partial charge is 0.223 e. The average Bonchev–Trinajstić information content (AvgIpc) is 2.85. The fraction of sp³-hybridized carbons (Fsp3) is 0.889. The topological polar surface area (TPSA) is 29.1 Å². The van der Waals surface area contributed by atoms with E-state index >= 15 is 0 Å². The lowest BCUT2D eigenvalue weighted by Crippen LogP contribution is -2.37. The highest BCUT2D eigenvalue weighted by Gasteiger charge is 2.44. The zero-order chi connectivity index (χ0) is 7.90. The molecule has 2 fully saturated rings. The van der Waals surface area contributed by atoms with Crippen molar-refractivity contribution in [1.82, 2.24) is 5.32 Å². The van der Waals surface area contributed by atoms with Crippen LogP contribution in [0, 0.1) is 5.92 Å². The van der Waals surface area contributed by atoms with Crippen molar-refractivity contribution in [2.24, 2.45) is 5.92 Å². The zero-order valence-corrected chi connectivity index (χ0v) is 7.02. The molecule has 2 saturated carbocycles. The predicted octanol–water partition coefficient (Wildman–Crippen LogP) is 1.46. The summed E-state index contributed by atoms with van der Waals surface area (Å²) in [6.07, 6.45) is 5.73. The van der Waals surface area contributed by atoms with E-state index in [9.17, 15) is 4.79 Å². The van der Waals surface area contributed by atoms with Gasteiger partial charge in [0.15, 0.2) is 0 Å². The normalized spacial score (nSPS) is 26.3. The highest BCUT2D eigenvalue weighted by atomic mass is 16.2. The van der Waals surface area contributed by atoms with Crippen molar-refractivity contribution in [3.05, 3.63) is 0 Å². The molecule has 2 rings (SSSR count). The molecule has 0 atom stereocenters. The van der Waals surface area contributed by atoms with Gasteiger partial charge >= 0.3 is 0 Å². The van der Waals surface area contributed by atoms with Gasteiger partial charge in [-0.1, -0.05) is 6.92 Å². The largest absolute Gasteiger partial charge is 0.350 e. The van der Waals surface area contributed by atoms with Crippen LogP contribution in [0.3, 0.4) is 0 Å². The molecule has 0 heterocycles. The number of nitrogens with one attached hydrogen (secondary N) is 1. The van der Waals surface area contributed by atoms with Gasteiger partial charge in [0.05, 0.1) is 0 Å². The van der Waals surface area contributed by atoms with E-state index in [1.807, 2.05) is 0 Å². The highest BCUT2D eigenvalue weighted by Crippen LogP contribution is 2.40. The van der Waals surface area contributed by atoms with Gasteiger partial charge in [0.1, 0.15) is 0 Å². The number of carbonyl (C=O) groups excluding carboxylic acids is 1. The van der Waals surface area contributed by atoms with Gasteiger partial charge in [0, 0.05) is 11.5 Å². The van der Waals surface area contributed by atoms with Gasteiger partial charge in [-0.3, -0.25) is 4.79 Å². The van der Waals surface area contributed by atoms with E-state index in [0.717, 1.165) is 19.3 Å². The van der Waals surface area contributed by atoms with Gasteiger partial charge < -0.3 is 5.32 Å². The van der Waals surface area contributed by atoms with E-state index in [0.29, 0.717) is 11.8 Å². The van der Waals surface area contributed by atoms with Crippen LogP contribution in [0.1, 0.15) is 39.0 Å². The first kappa shape index (κ1) is 7.14. The third kappa shape index (κ3) is 1.39. The Bertz CT molecular complexity index is 180. The van der Waals surface area contributed by atoms with E-state index in [-0.39, 0.29) is 5.54 Å². The number of hydrogen-bond donors (Lipinski definition) is 1. The van der Waals surface area contributed by atoms with Gasteiger partial charge in [0.2, 0.25) is 5.91 Å². The Morgan fingerprint density at radius 2 is 2.18 bits per heavy atom. The Labute approximate surface area is 67.4 Å². The van der Waals surface area contributed by atoms with Crippen molar-refractivity contribution < 1.29 is 4.79 Å². The van der Waals surface area contributed by atoms with Gasteiger partial charge in [-0.25, -0.2) is 0 Å². The fourth-order valence-corrected chi connectivity index (χ4v) is 1.43. The third-order valence-electron chi connectivity index (χ3n) is 2.87. The Balaban J connectivity index is 1.84. The van der Waals surface area contributed by atoms with Crippen molar-refractivity contribution in [1.29, 1.82) is 0 Å². The standard InChI is InChI=1S/C9H15NO/c1-2-9(5-6-9)10-8(11)7-3-4-7/h7H,2-6H2,1H3,(H,10,11). The molecule has 0 saturated heterocycles. The summed E-state index contributed by atoms with van der Waals surface area (Å²) in [4.78, 5) is 11.3. The Morgan fingerprint density at radius 1 is 1.55 bits per heavy atom. The lowest BCUT2D eigenvalue weighted by atomic mass is 10.2. The quantitative estimate of drug-likeness (QED) is 0.653. The molecule has 0 aromatic carbocycles. The molecule has 2 heteroatoms. The SMILES string of the molecule is CCC1(NC(=O)C2CC2)CC1. The third-order valence-corrected chi connectivity index (χ3v) is 2.87. The second kappa shape index (κ2) is 2.23. The molecule has 2 aliphatic rings. The minimum atomic E-state index is 0.236. The number of rotatable bonds is 3. The van der Waals surface area contributed by atoms with Crippen LogP contribution in [-0.2, 0) is 4.79 Å². The van der Waals surface area contributed by atoms with Crippen LogP contribution in [0.5, 0.6) is 0 Å². The molecule has 0 aromatic heterocycles. The van der Waals surface area contributed by atoms with E-state index < -0.39 is 0 Å². The lowest BCUT2D eigenvalue weighted by molar-refractivity contribution is -0.123. The summed E-state index contributed by atoms with van der Waals surface area (Å²) >= 11 is 0. The molecule has 0 unspecified atom stereocenters. The van der Waals surface area contributed by atoms with Gasteiger partial charge in [-0.2, -0.15) is 0 Å². The van der Waals surface area contributed by atoms with Crippen molar-refractivity contribution in [2.75, 3.05) is 0 Å². The molecule has 0 bridgehead atoms. The molecule has 11 heavy (non-hydrogen) atoms. The van der Waals surface area contributed by atoms with Gasteiger partial charge in [-0.05, 0) is 32.1 Å². The first-order chi connectivity index (χ1) is 5.26. The number of carbonyl (C=O) groups is 1. The fourth-order valence-electron chi connectivity index (χ4n) is 1.43. The van der Waals surface area contributed by atoms with Crippen LogP contribution < -0.4 is 5.32 Å². The van der Waals surface area contributed by atoms with Gasteiger partial charge in [0.25, 0.3) is 0 Å². The van der Waals surface area contributed by atoms with E-state index in [1.54, 1.807) is 0 Å². The van der Waals surface area contributed by atoms with E-state index in [2.05, 4.69) is 12.2 Å². The molecule has 0 aromatic rings. The molecule has 0 spiro atoms. The first-order valence-corrected chi connectivity index (χ1v) is 4.58. The van der Waals surface area contributed by atoms with Crippen LogP contribution in [0.15, 0.2) is 0 Å². The maximum Gasteiger partial charge on any atom is 0.223 e. The lowest BCUT2D eigenvalue weighted by Gasteiger charge is -2.14. The van der Waals surface area contributed by atoms with Crippen molar-refractivity contribution in [2.45, 2.75) is 44.6 Å². The molecular formula is C9H15NO. The Morgan fingerprint density at radius 3 is 2.55 bits per heavy atom. The molecule has 62 valence electrons. The van der Waals surface area contributed by atoms with Crippen molar-refractivity contribution in [3.8, 4) is 0 Å². The molecule has 0 aliphatic heterocycles. The summed E-state index contributed by atoms with van der Waals surface area (Å²) < 4.78 is 0. The predicted molar refractivity (Wildman–Crippen MR) is 43.1 cm³/mol. The van der Waals surface area contributed by atoms with Gasteiger partial charge in [-0.15, -0.1) is 0 Å². The first-order valence-electron chi connectivity index (χ1n) is 4.58. The summed E-state index contributed by atoms with van der Waals surface area (Å²) in [5.74, 6) is 0.684.